The van der Waals surface area contributed by atoms with Crippen molar-refractivity contribution in [3.63, 3.8) is 0 Å². The van der Waals surface area contributed by atoms with Crippen LogP contribution >= 0.6 is 22.7 Å². The first-order chi connectivity index (χ1) is 10.6. The summed E-state index contributed by atoms with van der Waals surface area (Å²) in [5, 5.41) is 3.55. The summed E-state index contributed by atoms with van der Waals surface area (Å²) in [5.74, 6) is -0.351. The van der Waals surface area contributed by atoms with Crippen molar-refractivity contribution in [2.24, 2.45) is 0 Å². The minimum absolute atomic E-state index is 0.151. The number of nitrogens with zero attached hydrogens (tertiary/aromatic N) is 3. The largest absolute Gasteiger partial charge is 0.455 e. The second kappa shape index (κ2) is 6.33. The Hall–Kier alpha value is -2.12. The van der Waals surface area contributed by atoms with E-state index in [9.17, 15) is 4.79 Å². The molecule has 3 rings (SSSR count). The third-order valence-corrected chi connectivity index (χ3v) is 4.84. The molecule has 0 unspecified atom stereocenters. The molecule has 0 fully saturated rings. The number of carbonyl (C=O) groups is 1. The van der Waals surface area contributed by atoms with E-state index >= 15 is 0 Å². The van der Waals surface area contributed by atoms with E-state index in [1.165, 1.54) is 22.7 Å². The average Bonchev–Trinajstić information content (AvgIpc) is 3.12. The molecule has 0 bridgehead atoms. The summed E-state index contributed by atoms with van der Waals surface area (Å²) in [6.07, 6.45) is 1.73. The smallest absolute Gasteiger partial charge is 0.350 e. The monoisotopic (exact) mass is 331 g/mol. The maximum absolute atomic E-state index is 12.0. The molecule has 0 aliphatic rings. The molecular formula is C15H13N3O2S2. The van der Waals surface area contributed by atoms with Gasteiger partial charge in [-0.2, -0.15) is 0 Å². The molecule has 0 aliphatic carbocycles. The SMILES string of the molecule is Cc1nc(C)c(C(=O)OCc2csc(-c3ccccn3)n2)s1. The number of thiazole rings is 2. The number of hydrogen-bond donors (Lipinski definition) is 0. The van der Waals surface area contributed by atoms with Gasteiger partial charge in [0, 0.05) is 11.6 Å². The van der Waals surface area contributed by atoms with E-state index in [-0.39, 0.29) is 12.6 Å². The van der Waals surface area contributed by atoms with Crippen molar-refractivity contribution < 1.29 is 9.53 Å². The van der Waals surface area contributed by atoms with Crippen LogP contribution < -0.4 is 0 Å². The van der Waals surface area contributed by atoms with Crippen molar-refractivity contribution in [2.45, 2.75) is 20.5 Å². The lowest BCUT2D eigenvalue weighted by Gasteiger charge is -2.01. The van der Waals surface area contributed by atoms with Crippen LogP contribution in [0.15, 0.2) is 29.8 Å². The predicted molar refractivity (Wildman–Crippen MR) is 86.1 cm³/mol. The molecular weight excluding hydrogens is 318 g/mol. The van der Waals surface area contributed by atoms with E-state index in [2.05, 4.69) is 15.0 Å². The van der Waals surface area contributed by atoms with Gasteiger partial charge in [0.15, 0.2) is 0 Å². The first-order valence-corrected chi connectivity index (χ1v) is 8.30. The van der Waals surface area contributed by atoms with Crippen LogP contribution in [0.3, 0.4) is 0 Å². The highest BCUT2D eigenvalue weighted by atomic mass is 32.1. The summed E-state index contributed by atoms with van der Waals surface area (Å²) < 4.78 is 5.31. The first-order valence-electron chi connectivity index (χ1n) is 6.60. The Morgan fingerprint density at radius 2 is 2.14 bits per heavy atom. The number of aromatic nitrogens is 3. The second-order valence-electron chi connectivity index (χ2n) is 4.58. The third kappa shape index (κ3) is 3.20. The summed E-state index contributed by atoms with van der Waals surface area (Å²) in [5.41, 5.74) is 2.25. The summed E-state index contributed by atoms with van der Waals surface area (Å²) in [4.78, 5) is 25.5. The Labute approximate surface area is 135 Å². The number of rotatable bonds is 4. The van der Waals surface area contributed by atoms with Gasteiger partial charge in [0.05, 0.1) is 22.1 Å². The van der Waals surface area contributed by atoms with Gasteiger partial charge in [0.25, 0.3) is 0 Å². The van der Waals surface area contributed by atoms with Crippen LogP contribution in [0.4, 0.5) is 0 Å². The average molecular weight is 331 g/mol. The van der Waals surface area contributed by atoms with E-state index in [1.54, 1.807) is 6.20 Å². The maximum Gasteiger partial charge on any atom is 0.350 e. The molecule has 0 N–H and O–H groups in total. The van der Waals surface area contributed by atoms with Gasteiger partial charge in [-0.15, -0.1) is 22.7 Å². The zero-order chi connectivity index (χ0) is 15.5. The fourth-order valence-corrected chi connectivity index (χ4v) is 3.50. The highest BCUT2D eigenvalue weighted by molar-refractivity contribution is 7.13. The Kier molecular flexibility index (Phi) is 4.26. The van der Waals surface area contributed by atoms with Crippen LogP contribution in [0.1, 0.15) is 26.1 Å². The number of hydrogen-bond acceptors (Lipinski definition) is 7. The lowest BCUT2D eigenvalue weighted by Crippen LogP contribution is -2.05. The van der Waals surface area contributed by atoms with E-state index in [1.807, 2.05) is 37.4 Å². The van der Waals surface area contributed by atoms with Gasteiger partial charge in [0.2, 0.25) is 0 Å². The van der Waals surface area contributed by atoms with Gasteiger partial charge in [0.1, 0.15) is 16.5 Å². The number of esters is 1. The molecule has 0 spiro atoms. The minimum atomic E-state index is -0.351. The molecule has 3 heterocycles. The molecule has 7 heteroatoms. The molecule has 5 nitrogen and oxygen atoms in total. The Bertz CT molecular complexity index is 796. The molecule has 22 heavy (non-hydrogen) atoms. The Morgan fingerprint density at radius 3 is 2.82 bits per heavy atom. The fourth-order valence-electron chi connectivity index (χ4n) is 1.91. The minimum Gasteiger partial charge on any atom is -0.455 e. The standard InChI is InChI=1S/C15H13N3O2S2/c1-9-13(22-10(2)17-9)15(19)20-7-11-8-21-14(18-11)12-5-3-4-6-16-12/h3-6,8H,7H2,1-2H3. The van der Waals surface area contributed by atoms with Gasteiger partial charge in [-0.05, 0) is 26.0 Å². The normalized spacial score (nSPS) is 10.6. The van der Waals surface area contributed by atoms with Crippen LogP contribution in [0.25, 0.3) is 10.7 Å². The summed E-state index contributed by atoms with van der Waals surface area (Å²) in [7, 11) is 0. The van der Waals surface area contributed by atoms with E-state index in [4.69, 9.17) is 4.74 Å². The lowest BCUT2D eigenvalue weighted by molar-refractivity contribution is 0.0473. The van der Waals surface area contributed by atoms with Crippen LogP contribution in [0.5, 0.6) is 0 Å². The summed E-state index contributed by atoms with van der Waals surface area (Å²) >= 11 is 2.83. The number of carbonyl (C=O) groups excluding carboxylic acids is 1. The van der Waals surface area contributed by atoms with Crippen molar-refractivity contribution in [3.05, 3.63) is 51.0 Å². The first kappa shape index (κ1) is 14.8. The number of ether oxygens (including phenoxy) is 1. The molecule has 0 aromatic carbocycles. The van der Waals surface area contributed by atoms with Gasteiger partial charge < -0.3 is 4.74 Å². The topological polar surface area (TPSA) is 65.0 Å². The van der Waals surface area contributed by atoms with Crippen LogP contribution in [-0.2, 0) is 11.3 Å². The summed E-state index contributed by atoms with van der Waals surface area (Å²) in [6.45, 7) is 3.83. The van der Waals surface area contributed by atoms with Crippen molar-refractivity contribution in [2.75, 3.05) is 0 Å². The molecule has 0 atom stereocenters. The molecule has 0 amide bonds. The van der Waals surface area contributed by atoms with Crippen LogP contribution in [0, 0.1) is 13.8 Å². The van der Waals surface area contributed by atoms with E-state index in [0.29, 0.717) is 10.6 Å². The number of pyridine rings is 1. The van der Waals surface area contributed by atoms with Gasteiger partial charge in [-0.25, -0.2) is 14.8 Å². The maximum atomic E-state index is 12.0. The van der Waals surface area contributed by atoms with E-state index in [0.717, 1.165) is 21.4 Å². The molecule has 0 aliphatic heterocycles. The third-order valence-electron chi connectivity index (χ3n) is 2.88. The Balaban J connectivity index is 1.66. The highest BCUT2D eigenvalue weighted by Crippen LogP contribution is 2.23. The second-order valence-corrected chi connectivity index (χ2v) is 6.64. The molecule has 112 valence electrons. The zero-order valence-corrected chi connectivity index (χ0v) is 13.7. The summed E-state index contributed by atoms with van der Waals surface area (Å²) in [6, 6.07) is 5.68. The highest BCUT2D eigenvalue weighted by Gasteiger charge is 2.16. The Morgan fingerprint density at radius 1 is 1.27 bits per heavy atom. The molecule has 3 aromatic heterocycles. The van der Waals surface area contributed by atoms with Gasteiger partial charge in [-0.3, -0.25) is 4.98 Å². The molecule has 0 saturated carbocycles. The quantitative estimate of drug-likeness (QED) is 0.683. The molecule has 3 aromatic rings. The molecule has 0 saturated heterocycles. The van der Waals surface area contributed by atoms with Crippen molar-refractivity contribution in [1.82, 2.24) is 15.0 Å². The van der Waals surface area contributed by atoms with Gasteiger partial charge >= 0.3 is 5.97 Å². The van der Waals surface area contributed by atoms with Crippen molar-refractivity contribution >= 4 is 28.6 Å². The zero-order valence-electron chi connectivity index (χ0n) is 12.1. The van der Waals surface area contributed by atoms with Crippen molar-refractivity contribution in [1.29, 1.82) is 0 Å². The van der Waals surface area contributed by atoms with E-state index < -0.39 is 0 Å². The van der Waals surface area contributed by atoms with Crippen LogP contribution in [-0.4, -0.2) is 20.9 Å². The van der Waals surface area contributed by atoms with Crippen molar-refractivity contribution in [3.8, 4) is 10.7 Å². The van der Waals surface area contributed by atoms with Crippen LogP contribution in [0.2, 0.25) is 0 Å². The predicted octanol–water partition coefficient (Wildman–Crippen LogP) is 3.64. The van der Waals surface area contributed by atoms with Gasteiger partial charge in [-0.1, -0.05) is 6.07 Å². The fraction of sp³-hybridized carbons (Fsp3) is 0.200. The lowest BCUT2D eigenvalue weighted by atomic mass is 10.4. The number of aryl methyl sites for hydroxylation is 2. The molecule has 0 radical (unpaired) electrons.